The number of nitro groups is 1. The Balaban J connectivity index is 2.36. The molecule has 0 saturated carbocycles. The molecule has 1 N–H and O–H groups in total. The number of ether oxygens (including phenoxy) is 2. The summed E-state index contributed by atoms with van der Waals surface area (Å²) in [5.74, 6) is 1.21. The molecule has 8 nitrogen and oxygen atoms in total. The molecule has 0 spiro atoms. The summed E-state index contributed by atoms with van der Waals surface area (Å²) in [6, 6.07) is 4.29. The smallest absolute Gasteiger partial charge is 0.314 e. The third-order valence-corrected chi connectivity index (χ3v) is 3.27. The quantitative estimate of drug-likeness (QED) is 0.650. The lowest BCUT2D eigenvalue weighted by atomic mass is 10.3. The summed E-state index contributed by atoms with van der Waals surface area (Å²) in [5, 5.41) is 13.8. The lowest BCUT2D eigenvalue weighted by Crippen LogP contribution is -1.98. The van der Waals surface area contributed by atoms with E-state index in [0.717, 1.165) is 0 Å². The Morgan fingerprint density at radius 3 is 2.76 bits per heavy atom. The van der Waals surface area contributed by atoms with E-state index in [-0.39, 0.29) is 23.1 Å². The molecule has 1 aromatic carbocycles. The summed E-state index contributed by atoms with van der Waals surface area (Å²) in [6.45, 7) is 0. The zero-order chi connectivity index (χ0) is 15.4. The van der Waals surface area contributed by atoms with Gasteiger partial charge in [0.1, 0.15) is 22.4 Å². The van der Waals surface area contributed by atoms with E-state index in [2.05, 4.69) is 31.2 Å². The van der Waals surface area contributed by atoms with Crippen molar-refractivity contribution >= 4 is 27.4 Å². The van der Waals surface area contributed by atoms with Gasteiger partial charge in [-0.25, -0.2) is 9.97 Å². The Labute approximate surface area is 128 Å². The van der Waals surface area contributed by atoms with Crippen molar-refractivity contribution in [3.8, 4) is 17.4 Å². The van der Waals surface area contributed by atoms with Crippen LogP contribution in [-0.2, 0) is 0 Å². The summed E-state index contributed by atoms with van der Waals surface area (Å²) in [6.07, 6.45) is 1.32. The van der Waals surface area contributed by atoms with Crippen molar-refractivity contribution in [3.05, 3.63) is 39.1 Å². The second kappa shape index (κ2) is 6.35. The average molecular weight is 355 g/mol. The van der Waals surface area contributed by atoms with Crippen LogP contribution in [0.1, 0.15) is 0 Å². The lowest BCUT2D eigenvalue weighted by molar-refractivity contribution is -0.385. The van der Waals surface area contributed by atoms with Gasteiger partial charge in [0, 0.05) is 7.05 Å². The highest BCUT2D eigenvalue weighted by Gasteiger charge is 2.17. The molecule has 2 aromatic rings. The predicted octanol–water partition coefficient (Wildman–Crippen LogP) is 2.99. The Morgan fingerprint density at radius 1 is 1.38 bits per heavy atom. The fraction of sp³-hybridized carbons (Fsp3) is 0.167. The molecule has 0 fully saturated rings. The number of aromatic nitrogens is 2. The molecule has 1 heterocycles. The molecule has 0 aliphatic rings. The number of hydrogen-bond donors (Lipinski definition) is 1. The van der Waals surface area contributed by atoms with Gasteiger partial charge >= 0.3 is 5.69 Å². The Kier molecular flexibility index (Phi) is 4.53. The van der Waals surface area contributed by atoms with Gasteiger partial charge in [0.05, 0.1) is 18.1 Å². The minimum Gasteiger partial charge on any atom is -0.490 e. The van der Waals surface area contributed by atoms with Crippen molar-refractivity contribution in [2.45, 2.75) is 0 Å². The molecule has 0 aliphatic carbocycles. The van der Waals surface area contributed by atoms with E-state index in [0.29, 0.717) is 10.3 Å². The molecular weight excluding hydrogens is 344 g/mol. The minimum atomic E-state index is -0.542. The first-order valence-corrected chi connectivity index (χ1v) is 6.54. The Morgan fingerprint density at radius 2 is 2.14 bits per heavy atom. The van der Waals surface area contributed by atoms with Gasteiger partial charge in [-0.05, 0) is 28.1 Å². The highest BCUT2D eigenvalue weighted by molar-refractivity contribution is 9.10. The molecule has 0 aliphatic heterocycles. The van der Waals surface area contributed by atoms with Crippen LogP contribution in [0.2, 0.25) is 0 Å². The van der Waals surface area contributed by atoms with Gasteiger partial charge in [-0.2, -0.15) is 0 Å². The number of rotatable bonds is 5. The Bertz CT molecular complexity index is 680. The molecule has 0 unspecified atom stereocenters. The average Bonchev–Trinajstić information content (AvgIpc) is 2.49. The largest absolute Gasteiger partial charge is 0.490 e. The lowest BCUT2D eigenvalue weighted by Gasteiger charge is -2.09. The SMILES string of the molecule is CNc1ncnc(Oc2ccc(OC)c([N+](=O)[O-])c2)c1Br. The van der Waals surface area contributed by atoms with Gasteiger partial charge in [-0.3, -0.25) is 10.1 Å². The van der Waals surface area contributed by atoms with Gasteiger partial charge < -0.3 is 14.8 Å². The highest BCUT2D eigenvalue weighted by atomic mass is 79.9. The summed E-state index contributed by atoms with van der Waals surface area (Å²) in [4.78, 5) is 18.4. The van der Waals surface area contributed by atoms with Crippen LogP contribution >= 0.6 is 15.9 Å². The number of hydrogen-bond acceptors (Lipinski definition) is 7. The fourth-order valence-corrected chi connectivity index (χ4v) is 2.07. The van der Waals surface area contributed by atoms with E-state index < -0.39 is 4.92 Å². The third-order valence-electron chi connectivity index (χ3n) is 2.56. The second-order valence-corrected chi connectivity index (χ2v) is 4.58. The number of nitrogens with zero attached hydrogens (tertiary/aromatic N) is 3. The summed E-state index contributed by atoms with van der Waals surface area (Å²) in [5.41, 5.74) is -0.186. The number of nitrogens with one attached hydrogen (secondary N) is 1. The highest BCUT2D eigenvalue weighted by Crippen LogP contribution is 2.35. The van der Waals surface area contributed by atoms with Crippen LogP contribution in [-0.4, -0.2) is 29.0 Å². The first-order valence-electron chi connectivity index (χ1n) is 5.75. The van der Waals surface area contributed by atoms with Crippen molar-refractivity contribution in [2.24, 2.45) is 0 Å². The van der Waals surface area contributed by atoms with Crippen molar-refractivity contribution in [1.82, 2.24) is 9.97 Å². The molecule has 0 radical (unpaired) electrons. The van der Waals surface area contributed by atoms with Crippen molar-refractivity contribution < 1.29 is 14.4 Å². The van der Waals surface area contributed by atoms with Gasteiger partial charge in [0.25, 0.3) is 0 Å². The van der Waals surface area contributed by atoms with Crippen LogP contribution < -0.4 is 14.8 Å². The van der Waals surface area contributed by atoms with E-state index >= 15 is 0 Å². The molecule has 21 heavy (non-hydrogen) atoms. The van der Waals surface area contributed by atoms with Crippen molar-refractivity contribution in [1.29, 1.82) is 0 Å². The van der Waals surface area contributed by atoms with Gasteiger partial charge in [0.2, 0.25) is 5.88 Å². The van der Waals surface area contributed by atoms with Crippen LogP contribution in [0.4, 0.5) is 11.5 Å². The van der Waals surface area contributed by atoms with E-state index in [4.69, 9.17) is 9.47 Å². The minimum absolute atomic E-state index is 0.157. The first-order chi connectivity index (χ1) is 10.1. The van der Waals surface area contributed by atoms with Crippen molar-refractivity contribution in [2.75, 3.05) is 19.5 Å². The van der Waals surface area contributed by atoms with Crippen molar-refractivity contribution in [3.63, 3.8) is 0 Å². The van der Waals surface area contributed by atoms with Gasteiger partial charge in [-0.1, -0.05) is 0 Å². The number of methoxy groups -OCH3 is 1. The third kappa shape index (κ3) is 3.19. The fourth-order valence-electron chi connectivity index (χ4n) is 1.59. The molecule has 0 saturated heterocycles. The maximum atomic E-state index is 11.0. The van der Waals surface area contributed by atoms with Gasteiger partial charge in [-0.15, -0.1) is 0 Å². The molecule has 2 rings (SSSR count). The van der Waals surface area contributed by atoms with E-state index in [1.807, 2.05) is 0 Å². The van der Waals surface area contributed by atoms with Crippen LogP contribution in [0.25, 0.3) is 0 Å². The molecule has 110 valence electrons. The van der Waals surface area contributed by atoms with E-state index in [1.165, 1.54) is 25.6 Å². The zero-order valence-electron chi connectivity index (χ0n) is 11.2. The van der Waals surface area contributed by atoms with E-state index in [9.17, 15) is 10.1 Å². The molecule has 0 amide bonds. The van der Waals surface area contributed by atoms with Crippen LogP contribution in [0.15, 0.2) is 29.0 Å². The van der Waals surface area contributed by atoms with Crippen LogP contribution in [0, 0.1) is 10.1 Å². The van der Waals surface area contributed by atoms with E-state index in [1.54, 1.807) is 13.1 Å². The molecule has 0 atom stereocenters. The number of halogens is 1. The summed E-state index contributed by atoms with van der Waals surface area (Å²) in [7, 11) is 3.07. The Hall–Kier alpha value is -2.42. The maximum absolute atomic E-state index is 11.0. The summed E-state index contributed by atoms with van der Waals surface area (Å²) >= 11 is 3.30. The first kappa shape index (κ1) is 15.0. The van der Waals surface area contributed by atoms with Crippen LogP contribution in [0.3, 0.4) is 0 Å². The number of nitro benzene ring substituents is 1. The topological polar surface area (TPSA) is 99.4 Å². The molecular formula is C12H11BrN4O4. The number of benzene rings is 1. The standard InChI is InChI=1S/C12H11BrN4O4/c1-14-11-10(13)12(16-6-15-11)21-7-3-4-9(20-2)8(5-7)17(18)19/h3-6H,1-2H3,(H,14,15,16). The predicted molar refractivity (Wildman–Crippen MR) is 79.0 cm³/mol. The monoisotopic (exact) mass is 354 g/mol. The number of anilines is 1. The molecule has 1 aromatic heterocycles. The normalized spacial score (nSPS) is 10.0. The van der Waals surface area contributed by atoms with Crippen LogP contribution in [0.5, 0.6) is 17.4 Å². The maximum Gasteiger partial charge on any atom is 0.314 e. The second-order valence-electron chi connectivity index (χ2n) is 3.78. The summed E-state index contributed by atoms with van der Waals surface area (Å²) < 4.78 is 11.0. The van der Waals surface area contributed by atoms with Gasteiger partial charge in [0.15, 0.2) is 5.75 Å². The zero-order valence-corrected chi connectivity index (χ0v) is 12.7. The molecule has 9 heteroatoms. The molecule has 0 bridgehead atoms.